The molecule has 0 radical (unpaired) electrons. The van der Waals surface area contributed by atoms with Crippen molar-refractivity contribution in [1.82, 2.24) is 14.9 Å². The maximum Gasteiger partial charge on any atom is 0.217 e. The Morgan fingerprint density at radius 3 is 2.83 bits per heavy atom. The molecule has 0 saturated carbocycles. The minimum Gasteiger partial charge on any atom is -0.348 e. The van der Waals surface area contributed by atoms with Crippen molar-refractivity contribution in [2.24, 2.45) is 7.05 Å². The quantitative estimate of drug-likeness (QED) is 0.701. The van der Waals surface area contributed by atoms with Gasteiger partial charge in [0.2, 0.25) is 5.91 Å². The lowest BCUT2D eigenvalue weighted by molar-refractivity contribution is -0.119. The molecule has 1 aromatic rings. The van der Waals surface area contributed by atoms with Gasteiger partial charge < -0.3 is 9.88 Å². The molecule has 0 aliphatic rings. The Morgan fingerprint density at radius 2 is 2.42 bits per heavy atom. The van der Waals surface area contributed by atoms with Crippen LogP contribution in [-0.4, -0.2) is 15.5 Å². The van der Waals surface area contributed by atoms with Crippen molar-refractivity contribution in [3.63, 3.8) is 0 Å². The van der Waals surface area contributed by atoms with Crippen LogP contribution in [0.15, 0.2) is 12.5 Å². The van der Waals surface area contributed by atoms with E-state index in [2.05, 4.69) is 10.3 Å². The molecule has 4 nitrogen and oxygen atoms in total. The molecular weight excluding hydrogens is 154 g/mol. The molecule has 4 heteroatoms. The minimum absolute atomic E-state index is 0.0231. The zero-order chi connectivity index (χ0) is 9.14. The Balaban J connectivity index is 2.71. The van der Waals surface area contributed by atoms with Crippen LogP contribution in [-0.2, 0) is 11.8 Å². The molecule has 1 unspecified atom stereocenters. The number of amides is 1. The van der Waals surface area contributed by atoms with Crippen LogP contribution in [0, 0.1) is 0 Å². The van der Waals surface area contributed by atoms with Gasteiger partial charge in [0.25, 0.3) is 0 Å². The summed E-state index contributed by atoms with van der Waals surface area (Å²) in [6.07, 6.45) is 3.47. The van der Waals surface area contributed by atoms with Gasteiger partial charge in [-0.15, -0.1) is 0 Å². The van der Waals surface area contributed by atoms with Crippen LogP contribution in [0.5, 0.6) is 0 Å². The first-order valence-electron chi connectivity index (χ1n) is 3.84. The van der Waals surface area contributed by atoms with Crippen LogP contribution in [0.25, 0.3) is 0 Å². The highest BCUT2D eigenvalue weighted by molar-refractivity contribution is 5.73. The topological polar surface area (TPSA) is 46.9 Å². The van der Waals surface area contributed by atoms with E-state index in [0.29, 0.717) is 0 Å². The standard InChI is InChI=1S/C8H13N3O/c1-6(10-7(2)12)8-4-9-5-11(8)3/h4-6H,1-3H3,(H,10,12). The number of imidazole rings is 1. The smallest absolute Gasteiger partial charge is 0.217 e. The Morgan fingerprint density at radius 1 is 1.75 bits per heavy atom. The van der Waals surface area contributed by atoms with E-state index in [-0.39, 0.29) is 11.9 Å². The molecule has 0 aliphatic heterocycles. The lowest BCUT2D eigenvalue weighted by Crippen LogP contribution is -2.24. The Labute approximate surface area is 71.6 Å². The highest BCUT2D eigenvalue weighted by Crippen LogP contribution is 2.09. The van der Waals surface area contributed by atoms with E-state index in [1.807, 2.05) is 18.5 Å². The van der Waals surface area contributed by atoms with Crippen molar-refractivity contribution in [3.05, 3.63) is 18.2 Å². The number of nitrogens with one attached hydrogen (secondary N) is 1. The van der Waals surface area contributed by atoms with E-state index in [1.54, 1.807) is 12.5 Å². The van der Waals surface area contributed by atoms with Crippen molar-refractivity contribution >= 4 is 5.91 Å². The second kappa shape index (κ2) is 3.38. The predicted molar refractivity (Wildman–Crippen MR) is 45.4 cm³/mol. The van der Waals surface area contributed by atoms with Crippen molar-refractivity contribution in [3.8, 4) is 0 Å². The SMILES string of the molecule is CC(=O)NC(C)c1cncn1C. The van der Waals surface area contributed by atoms with Gasteiger partial charge >= 0.3 is 0 Å². The number of aromatic nitrogens is 2. The van der Waals surface area contributed by atoms with Gasteiger partial charge in [0.05, 0.1) is 24.3 Å². The summed E-state index contributed by atoms with van der Waals surface area (Å²) in [4.78, 5) is 14.7. The molecule has 0 spiro atoms. The fourth-order valence-corrected chi connectivity index (χ4v) is 1.16. The van der Waals surface area contributed by atoms with E-state index in [1.165, 1.54) is 6.92 Å². The molecule has 0 aromatic carbocycles. The molecule has 12 heavy (non-hydrogen) atoms. The third kappa shape index (κ3) is 1.84. The first kappa shape index (κ1) is 8.77. The lowest BCUT2D eigenvalue weighted by atomic mass is 10.2. The van der Waals surface area contributed by atoms with Gasteiger partial charge in [-0.3, -0.25) is 4.79 Å². The van der Waals surface area contributed by atoms with Gasteiger partial charge in [-0.25, -0.2) is 4.98 Å². The number of aryl methyl sites for hydroxylation is 1. The maximum atomic E-state index is 10.7. The van der Waals surface area contributed by atoms with Crippen LogP contribution >= 0.6 is 0 Å². The summed E-state index contributed by atoms with van der Waals surface area (Å²) >= 11 is 0. The molecule has 1 aromatic heterocycles. The zero-order valence-corrected chi connectivity index (χ0v) is 7.53. The average Bonchev–Trinajstić information content (AvgIpc) is 2.33. The second-order valence-electron chi connectivity index (χ2n) is 2.85. The number of hydrogen-bond acceptors (Lipinski definition) is 2. The van der Waals surface area contributed by atoms with Crippen LogP contribution in [0.2, 0.25) is 0 Å². The molecule has 0 bridgehead atoms. The second-order valence-corrected chi connectivity index (χ2v) is 2.85. The summed E-state index contributed by atoms with van der Waals surface area (Å²) in [6.45, 7) is 3.44. The minimum atomic E-state index is -0.0244. The van der Waals surface area contributed by atoms with Gasteiger partial charge in [0.15, 0.2) is 0 Å². The fourth-order valence-electron chi connectivity index (χ4n) is 1.16. The lowest BCUT2D eigenvalue weighted by Gasteiger charge is -2.12. The summed E-state index contributed by atoms with van der Waals surface area (Å²) in [5.41, 5.74) is 1.00. The first-order chi connectivity index (χ1) is 5.61. The molecule has 0 aliphatic carbocycles. The van der Waals surface area contributed by atoms with E-state index in [4.69, 9.17) is 0 Å². The van der Waals surface area contributed by atoms with Crippen molar-refractivity contribution in [1.29, 1.82) is 0 Å². The third-order valence-electron chi connectivity index (χ3n) is 1.72. The van der Waals surface area contributed by atoms with Crippen molar-refractivity contribution in [2.45, 2.75) is 19.9 Å². The van der Waals surface area contributed by atoms with Gasteiger partial charge in [0.1, 0.15) is 0 Å². The van der Waals surface area contributed by atoms with E-state index < -0.39 is 0 Å². The molecule has 66 valence electrons. The molecule has 0 saturated heterocycles. The summed E-state index contributed by atoms with van der Waals surface area (Å²) in [6, 6.07) is 0.0231. The highest BCUT2D eigenvalue weighted by atomic mass is 16.1. The van der Waals surface area contributed by atoms with Crippen LogP contribution < -0.4 is 5.32 Å². The van der Waals surface area contributed by atoms with Crippen LogP contribution in [0.1, 0.15) is 25.6 Å². The normalized spacial score (nSPS) is 12.6. The molecule has 1 amide bonds. The number of rotatable bonds is 2. The zero-order valence-electron chi connectivity index (χ0n) is 7.53. The highest BCUT2D eigenvalue weighted by Gasteiger charge is 2.08. The molecule has 1 N–H and O–H groups in total. The Hall–Kier alpha value is -1.32. The van der Waals surface area contributed by atoms with Gasteiger partial charge in [-0.1, -0.05) is 0 Å². The number of carbonyl (C=O) groups excluding carboxylic acids is 1. The Bertz CT molecular complexity index is 280. The van der Waals surface area contributed by atoms with Crippen LogP contribution in [0.4, 0.5) is 0 Å². The monoisotopic (exact) mass is 167 g/mol. The number of carbonyl (C=O) groups is 1. The van der Waals surface area contributed by atoms with E-state index >= 15 is 0 Å². The van der Waals surface area contributed by atoms with Gasteiger partial charge in [-0.2, -0.15) is 0 Å². The predicted octanol–water partition coefficient (Wildman–Crippen LogP) is 0.617. The third-order valence-corrected chi connectivity index (χ3v) is 1.72. The van der Waals surface area contributed by atoms with Gasteiger partial charge in [-0.05, 0) is 6.92 Å². The molecule has 0 fully saturated rings. The van der Waals surface area contributed by atoms with Crippen molar-refractivity contribution in [2.75, 3.05) is 0 Å². The number of nitrogens with zero attached hydrogens (tertiary/aromatic N) is 2. The molecule has 1 rings (SSSR count). The average molecular weight is 167 g/mol. The summed E-state index contributed by atoms with van der Waals surface area (Å²) in [5.74, 6) is -0.0244. The van der Waals surface area contributed by atoms with Gasteiger partial charge in [0, 0.05) is 14.0 Å². The largest absolute Gasteiger partial charge is 0.348 e. The molecule has 1 heterocycles. The summed E-state index contributed by atoms with van der Waals surface area (Å²) in [5, 5.41) is 2.79. The fraction of sp³-hybridized carbons (Fsp3) is 0.500. The molecule has 1 atom stereocenters. The summed E-state index contributed by atoms with van der Waals surface area (Å²) in [7, 11) is 1.90. The van der Waals surface area contributed by atoms with Crippen molar-refractivity contribution < 1.29 is 4.79 Å². The van der Waals surface area contributed by atoms with Crippen LogP contribution in [0.3, 0.4) is 0 Å². The Kier molecular flexibility index (Phi) is 2.47. The first-order valence-corrected chi connectivity index (χ1v) is 3.84. The summed E-state index contributed by atoms with van der Waals surface area (Å²) < 4.78 is 1.89. The maximum absolute atomic E-state index is 10.7. The molecular formula is C8H13N3O. The van der Waals surface area contributed by atoms with E-state index in [0.717, 1.165) is 5.69 Å². The number of hydrogen-bond donors (Lipinski definition) is 1. The van der Waals surface area contributed by atoms with E-state index in [9.17, 15) is 4.79 Å².